The van der Waals surface area contributed by atoms with Crippen molar-refractivity contribution in [2.24, 2.45) is 0 Å². The zero-order chi connectivity index (χ0) is 9.14. The fourth-order valence-electron chi connectivity index (χ4n) is 0.915. The van der Waals surface area contributed by atoms with Crippen molar-refractivity contribution in [2.45, 2.75) is 19.9 Å². The summed E-state index contributed by atoms with van der Waals surface area (Å²) in [4.78, 5) is 3.75. The van der Waals surface area contributed by atoms with Crippen molar-refractivity contribution in [3.8, 4) is 6.07 Å². The number of rotatable bonds is 2. The van der Waals surface area contributed by atoms with E-state index in [9.17, 15) is 8.78 Å². The maximum atomic E-state index is 11.9. The van der Waals surface area contributed by atoms with Gasteiger partial charge in [-0.15, -0.1) is 0 Å². The van der Waals surface area contributed by atoms with Crippen LogP contribution in [0.15, 0.2) is 6.33 Å². The van der Waals surface area contributed by atoms with Crippen LogP contribution in [0.2, 0.25) is 0 Å². The van der Waals surface area contributed by atoms with E-state index < -0.39 is 13.0 Å². The summed E-state index contributed by atoms with van der Waals surface area (Å²) in [6, 6.07) is 1.82. The van der Waals surface area contributed by atoms with Gasteiger partial charge in [0, 0.05) is 0 Å². The molecular weight excluding hydrogens is 164 g/mol. The molecule has 3 nitrogen and oxygen atoms in total. The molecule has 0 radical (unpaired) electrons. The molecule has 0 amide bonds. The number of aromatic nitrogens is 2. The molecular formula is C7H7F2N3. The Bertz CT molecular complexity index is 311. The SMILES string of the molecule is Cc1ncn(CC(F)F)c1C#N. The number of nitrogens with zero attached hydrogens (tertiary/aromatic N) is 3. The first-order valence-corrected chi connectivity index (χ1v) is 3.35. The Morgan fingerprint density at radius 2 is 2.42 bits per heavy atom. The van der Waals surface area contributed by atoms with E-state index in [2.05, 4.69) is 4.98 Å². The van der Waals surface area contributed by atoms with Crippen LogP contribution in [0.1, 0.15) is 11.4 Å². The highest BCUT2D eigenvalue weighted by atomic mass is 19.3. The van der Waals surface area contributed by atoms with Crippen molar-refractivity contribution in [1.82, 2.24) is 9.55 Å². The number of imidazole rings is 1. The third-order valence-corrected chi connectivity index (χ3v) is 1.46. The quantitative estimate of drug-likeness (QED) is 0.673. The zero-order valence-electron chi connectivity index (χ0n) is 6.46. The molecule has 64 valence electrons. The molecule has 1 aromatic heterocycles. The van der Waals surface area contributed by atoms with E-state index in [-0.39, 0.29) is 5.69 Å². The standard InChI is InChI=1S/C7H7F2N3/c1-5-6(2-10)12(4-11-5)3-7(8)9/h4,7H,3H2,1H3. The van der Waals surface area contributed by atoms with Gasteiger partial charge >= 0.3 is 0 Å². The second kappa shape index (κ2) is 3.30. The molecule has 12 heavy (non-hydrogen) atoms. The van der Waals surface area contributed by atoms with Gasteiger partial charge in [-0.25, -0.2) is 13.8 Å². The van der Waals surface area contributed by atoms with Crippen molar-refractivity contribution in [3.63, 3.8) is 0 Å². The van der Waals surface area contributed by atoms with Gasteiger partial charge in [-0.2, -0.15) is 5.26 Å². The second-order valence-electron chi connectivity index (χ2n) is 2.33. The summed E-state index contributed by atoms with van der Waals surface area (Å²) in [5.41, 5.74) is 0.688. The number of hydrogen-bond acceptors (Lipinski definition) is 2. The van der Waals surface area contributed by atoms with Crippen LogP contribution in [-0.4, -0.2) is 16.0 Å². The number of alkyl halides is 2. The lowest BCUT2D eigenvalue weighted by molar-refractivity contribution is 0.126. The highest BCUT2D eigenvalue weighted by molar-refractivity contribution is 5.25. The van der Waals surface area contributed by atoms with Crippen LogP contribution < -0.4 is 0 Å². The molecule has 0 saturated heterocycles. The minimum atomic E-state index is -2.45. The monoisotopic (exact) mass is 171 g/mol. The first-order valence-electron chi connectivity index (χ1n) is 3.35. The minimum Gasteiger partial charge on any atom is -0.316 e. The number of halogens is 2. The third-order valence-electron chi connectivity index (χ3n) is 1.46. The van der Waals surface area contributed by atoms with Gasteiger partial charge in [-0.3, -0.25) is 0 Å². The molecule has 1 rings (SSSR count). The van der Waals surface area contributed by atoms with E-state index in [0.29, 0.717) is 5.69 Å². The number of hydrogen-bond donors (Lipinski definition) is 0. The van der Waals surface area contributed by atoms with Gasteiger partial charge in [0.1, 0.15) is 11.8 Å². The normalized spacial score (nSPS) is 10.2. The Labute approximate surface area is 68.3 Å². The Hall–Kier alpha value is -1.44. The molecule has 0 spiro atoms. The van der Waals surface area contributed by atoms with Crippen molar-refractivity contribution in [2.75, 3.05) is 0 Å². The van der Waals surface area contributed by atoms with Crippen LogP contribution in [0, 0.1) is 18.3 Å². The number of aryl methyl sites for hydroxylation is 1. The van der Waals surface area contributed by atoms with Gasteiger partial charge < -0.3 is 4.57 Å². The third kappa shape index (κ3) is 1.59. The van der Waals surface area contributed by atoms with Crippen LogP contribution >= 0.6 is 0 Å². The molecule has 0 aromatic carbocycles. The first kappa shape index (κ1) is 8.65. The van der Waals surface area contributed by atoms with E-state index in [4.69, 9.17) is 5.26 Å². The van der Waals surface area contributed by atoms with E-state index in [1.54, 1.807) is 6.92 Å². The van der Waals surface area contributed by atoms with Crippen LogP contribution in [0.3, 0.4) is 0 Å². The zero-order valence-corrected chi connectivity index (χ0v) is 6.46. The van der Waals surface area contributed by atoms with Crippen LogP contribution in [0.25, 0.3) is 0 Å². The summed E-state index contributed by atoms with van der Waals surface area (Å²) in [5.74, 6) is 0. The highest BCUT2D eigenvalue weighted by Gasteiger charge is 2.10. The summed E-state index contributed by atoms with van der Waals surface area (Å²) in [7, 11) is 0. The van der Waals surface area contributed by atoms with Gasteiger partial charge in [-0.05, 0) is 6.92 Å². The molecule has 0 bridgehead atoms. The molecule has 0 saturated carbocycles. The topological polar surface area (TPSA) is 41.6 Å². The molecule has 1 aromatic rings. The Kier molecular flexibility index (Phi) is 2.38. The molecule has 0 aliphatic rings. The number of nitriles is 1. The van der Waals surface area contributed by atoms with Gasteiger partial charge in [0.05, 0.1) is 18.6 Å². The van der Waals surface area contributed by atoms with E-state index in [1.807, 2.05) is 6.07 Å². The maximum absolute atomic E-state index is 11.9. The smallest absolute Gasteiger partial charge is 0.256 e. The Morgan fingerprint density at radius 3 is 2.92 bits per heavy atom. The summed E-state index contributed by atoms with van der Waals surface area (Å²) >= 11 is 0. The minimum absolute atomic E-state index is 0.204. The molecule has 0 aliphatic carbocycles. The average Bonchev–Trinajstić information content (AvgIpc) is 2.30. The summed E-state index contributed by atoms with van der Waals surface area (Å²) in [6.07, 6.45) is -1.20. The largest absolute Gasteiger partial charge is 0.316 e. The first-order chi connectivity index (χ1) is 5.65. The lowest BCUT2D eigenvalue weighted by Gasteiger charge is -2.00. The average molecular weight is 171 g/mol. The molecule has 1 heterocycles. The predicted octanol–water partition coefficient (Wildman–Crippen LogP) is 1.33. The van der Waals surface area contributed by atoms with Crippen LogP contribution in [0.5, 0.6) is 0 Å². The van der Waals surface area contributed by atoms with Crippen LogP contribution in [-0.2, 0) is 6.54 Å². The lowest BCUT2D eigenvalue weighted by atomic mass is 10.4. The predicted molar refractivity (Wildman–Crippen MR) is 37.7 cm³/mol. The van der Waals surface area contributed by atoms with Gasteiger partial charge in [-0.1, -0.05) is 0 Å². The summed E-state index contributed by atoms with van der Waals surface area (Å²) in [5, 5.41) is 8.55. The molecule has 0 aliphatic heterocycles. The summed E-state index contributed by atoms with van der Waals surface area (Å²) in [6.45, 7) is 1.14. The van der Waals surface area contributed by atoms with Crippen LogP contribution in [0.4, 0.5) is 8.78 Å². The molecule has 0 fully saturated rings. The molecule has 5 heteroatoms. The van der Waals surface area contributed by atoms with Gasteiger partial charge in [0.2, 0.25) is 0 Å². The van der Waals surface area contributed by atoms with Crippen molar-refractivity contribution < 1.29 is 8.78 Å². The summed E-state index contributed by atoms with van der Waals surface area (Å²) < 4.78 is 24.9. The molecule has 0 unspecified atom stereocenters. The molecule has 0 atom stereocenters. The van der Waals surface area contributed by atoms with Crippen molar-refractivity contribution >= 4 is 0 Å². The van der Waals surface area contributed by atoms with E-state index in [0.717, 1.165) is 4.57 Å². The Morgan fingerprint density at radius 1 is 1.75 bits per heavy atom. The molecule has 0 N–H and O–H groups in total. The van der Waals surface area contributed by atoms with E-state index >= 15 is 0 Å². The van der Waals surface area contributed by atoms with Crippen molar-refractivity contribution in [1.29, 1.82) is 5.26 Å². The highest BCUT2D eigenvalue weighted by Crippen LogP contribution is 2.07. The second-order valence-corrected chi connectivity index (χ2v) is 2.33. The lowest BCUT2D eigenvalue weighted by Crippen LogP contribution is -2.07. The van der Waals surface area contributed by atoms with Gasteiger partial charge in [0.25, 0.3) is 6.43 Å². The Balaban J connectivity index is 2.94. The van der Waals surface area contributed by atoms with Crippen molar-refractivity contribution in [3.05, 3.63) is 17.7 Å². The maximum Gasteiger partial charge on any atom is 0.256 e. The van der Waals surface area contributed by atoms with E-state index in [1.165, 1.54) is 6.33 Å². The van der Waals surface area contributed by atoms with Gasteiger partial charge in [0.15, 0.2) is 0 Å². The fraction of sp³-hybridized carbons (Fsp3) is 0.429. The fourth-order valence-corrected chi connectivity index (χ4v) is 0.915.